The van der Waals surface area contributed by atoms with Crippen LogP contribution >= 0.6 is 11.3 Å². The minimum Gasteiger partial charge on any atom is -0.324 e. The molecule has 3 aromatic heterocycles. The first kappa shape index (κ1) is 23.6. The van der Waals surface area contributed by atoms with Crippen LogP contribution in [0.4, 0.5) is 10.8 Å². The SMILES string of the molecule is Cc1ccccc1N1CC(c2nnc(NC(=O)CCn3cnc4c3c(=O)n(C)c(=O)n4C)s2)CC1=O. The number of para-hydroxylation sites is 1. The Morgan fingerprint density at radius 3 is 2.69 bits per heavy atom. The van der Waals surface area contributed by atoms with E-state index in [1.165, 1.54) is 29.3 Å². The number of nitrogens with one attached hydrogen (secondary N) is 1. The van der Waals surface area contributed by atoms with Gasteiger partial charge in [0.2, 0.25) is 16.9 Å². The van der Waals surface area contributed by atoms with Crippen LogP contribution in [0.2, 0.25) is 0 Å². The third-order valence-corrected chi connectivity index (χ3v) is 7.37. The number of imidazole rings is 1. The normalized spacial score (nSPS) is 15.7. The Bertz CT molecular complexity index is 1610. The van der Waals surface area contributed by atoms with E-state index < -0.39 is 11.2 Å². The number of aromatic nitrogens is 6. The van der Waals surface area contributed by atoms with E-state index in [-0.39, 0.29) is 41.9 Å². The molecule has 1 aliphatic rings. The zero-order chi connectivity index (χ0) is 25.6. The van der Waals surface area contributed by atoms with E-state index in [0.717, 1.165) is 15.8 Å². The van der Waals surface area contributed by atoms with Crippen molar-refractivity contribution in [1.82, 2.24) is 28.9 Å². The first-order chi connectivity index (χ1) is 17.2. The second kappa shape index (κ2) is 9.15. The first-order valence-electron chi connectivity index (χ1n) is 11.3. The predicted octanol–water partition coefficient (Wildman–Crippen LogP) is 1.14. The summed E-state index contributed by atoms with van der Waals surface area (Å²) in [6, 6.07) is 7.75. The highest BCUT2D eigenvalue weighted by atomic mass is 32.1. The van der Waals surface area contributed by atoms with Crippen LogP contribution in [-0.2, 0) is 30.2 Å². The lowest BCUT2D eigenvalue weighted by Crippen LogP contribution is -2.37. The summed E-state index contributed by atoms with van der Waals surface area (Å²) < 4.78 is 3.87. The fraction of sp³-hybridized carbons (Fsp3) is 0.348. The standard InChI is InChI=1S/C23H24N8O4S/c1-13-6-4-5-7-15(13)31-11-14(10-17(31)33)20-26-27-22(36-20)25-16(32)8-9-30-12-24-19-18(30)21(34)29(3)23(35)28(19)2/h4-7,12,14H,8-11H2,1-3H3,(H,25,27,32). The molecule has 1 atom stereocenters. The molecule has 1 fully saturated rings. The van der Waals surface area contributed by atoms with Crippen molar-refractivity contribution in [3.05, 3.63) is 62.0 Å². The van der Waals surface area contributed by atoms with Crippen molar-refractivity contribution in [2.24, 2.45) is 14.1 Å². The van der Waals surface area contributed by atoms with Gasteiger partial charge in [0.15, 0.2) is 11.2 Å². The summed E-state index contributed by atoms with van der Waals surface area (Å²) in [5.74, 6) is -0.364. The summed E-state index contributed by atoms with van der Waals surface area (Å²) in [7, 11) is 2.94. The third kappa shape index (κ3) is 4.11. The van der Waals surface area contributed by atoms with E-state index in [1.807, 2.05) is 31.2 Å². The largest absolute Gasteiger partial charge is 0.332 e. The fourth-order valence-electron chi connectivity index (χ4n) is 4.39. The summed E-state index contributed by atoms with van der Waals surface area (Å²) in [5, 5.41) is 12.1. The van der Waals surface area contributed by atoms with Crippen LogP contribution in [0, 0.1) is 6.92 Å². The number of rotatable bonds is 6. The topological polar surface area (TPSA) is 137 Å². The second-order valence-corrected chi connectivity index (χ2v) is 9.76. The van der Waals surface area contributed by atoms with Crippen LogP contribution in [-0.4, -0.2) is 47.2 Å². The summed E-state index contributed by atoms with van der Waals surface area (Å²) >= 11 is 1.25. The van der Waals surface area contributed by atoms with Gasteiger partial charge in [-0.25, -0.2) is 9.78 Å². The van der Waals surface area contributed by atoms with Gasteiger partial charge in [0, 0.05) is 51.6 Å². The Morgan fingerprint density at radius 1 is 1.14 bits per heavy atom. The molecule has 0 radical (unpaired) electrons. The van der Waals surface area contributed by atoms with E-state index in [0.29, 0.717) is 23.1 Å². The van der Waals surface area contributed by atoms with Gasteiger partial charge in [-0.1, -0.05) is 29.5 Å². The number of anilines is 2. The van der Waals surface area contributed by atoms with Gasteiger partial charge in [0.25, 0.3) is 5.56 Å². The number of nitrogens with zero attached hydrogens (tertiary/aromatic N) is 7. The number of hydrogen-bond donors (Lipinski definition) is 1. The highest BCUT2D eigenvalue weighted by molar-refractivity contribution is 7.15. The number of carbonyl (C=O) groups excluding carboxylic acids is 2. The van der Waals surface area contributed by atoms with Crippen LogP contribution in [0.3, 0.4) is 0 Å². The zero-order valence-corrected chi connectivity index (χ0v) is 20.8. The van der Waals surface area contributed by atoms with Gasteiger partial charge >= 0.3 is 5.69 Å². The quantitative estimate of drug-likeness (QED) is 0.412. The van der Waals surface area contributed by atoms with E-state index in [2.05, 4.69) is 20.5 Å². The molecule has 2 amide bonds. The molecular weight excluding hydrogens is 484 g/mol. The highest BCUT2D eigenvalue weighted by Gasteiger charge is 2.34. The zero-order valence-electron chi connectivity index (χ0n) is 20.0. The molecule has 186 valence electrons. The fourth-order valence-corrected chi connectivity index (χ4v) is 5.24. The summed E-state index contributed by atoms with van der Waals surface area (Å²) in [5.41, 5.74) is 1.52. The molecule has 0 aliphatic carbocycles. The van der Waals surface area contributed by atoms with Crippen LogP contribution in [0.25, 0.3) is 11.2 Å². The van der Waals surface area contributed by atoms with Crippen LogP contribution in [0.1, 0.15) is 29.3 Å². The lowest BCUT2D eigenvalue weighted by atomic mass is 10.1. The number of aryl methyl sites for hydroxylation is 3. The molecule has 1 aromatic carbocycles. The predicted molar refractivity (Wildman–Crippen MR) is 134 cm³/mol. The molecule has 0 saturated carbocycles. The Labute approximate surface area is 208 Å². The van der Waals surface area contributed by atoms with Crippen molar-refractivity contribution < 1.29 is 9.59 Å². The van der Waals surface area contributed by atoms with Crippen molar-refractivity contribution in [3.8, 4) is 0 Å². The van der Waals surface area contributed by atoms with E-state index in [4.69, 9.17) is 0 Å². The summed E-state index contributed by atoms with van der Waals surface area (Å²) in [4.78, 5) is 55.8. The maximum absolute atomic E-state index is 12.6. The van der Waals surface area contributed by atoms with Crippen LogP contribution < -0.4 is 21.5 Å². The molecule has 1 aliphatic heterocycles. The maximum atomic E-state index is 12.6. The molecule has 0 spiro atoms. The molecule has 13 heteroatoms. The Balaban J connectivity index is 1.24. The molecule has 4 heterocycles. The lowest BCUT2D eigenvalue weighted by molar-refractivity contribution is -0.117. The van der Waals surface area contributed by atoms with Gasteiger partial charge < -0.3 is 14.8 Å². The number of hydrogen-bond acceptors (Lipinski definition) is 8. The minimum absolute atomic E-state index is 0.0336. The van der Waals surface area contributed by atoms with Crippen LogP contribution in [0.5, 0.6) is 0 Å². The van der Waals surface area contributed by atoms with E-state index in [1.54, 1.807) is 16.5 Å². The average Bonchev–Trinajstić information content (AvgIpc) is 3.59. The molecule has 0 bridgehead atoms. The van der Waals surface area contributed by atoms with Crippen LogP contribution in [0.15, 0.2) is 40.2 Å². The second-order valence-electron chi connectivity index (χ2n) is 8.75. The number of carbonyl (C=O) groups is 2. The smallest absolute Gasteiger partial charge is 0.324 e. The number of benzene rings is 1. The monoisotopic (exact) mass is 508 g/mol. The van der Waals surface area contributed by atoms with Gasteiger partial charge in [0.1, 0.15) is 5.01 Å². The Morgan fingerprint density at radius 2 is 1.92 bits per heavy atom. The molecular formula is C23H24N8O4S. The van der Waals surface area contributed by atoms with Crippen molar-refractivity contribution in [2.45, 2.75) is 32.2 Å². The van der Waals surface area contributed by atoms with Crippen molar-refractivity contribution in [2.75, 3.05) is 16.8 Å². The summed E-state index contributed by atoms with van der Waals surface area (Å²) in [6.07, 6.45) is 1.84. The minimum atomic E-state index is -0.467. The molecule has 4 aromatic rings. The molecule has 1 saturated heterocycles. The molecule has 1 N–H and O–H groups in total. The Hall–Kier alpha value is -4.13. The molecule has 12 nitrogen and oxygen atoms in total. The van der Waals surface area contributed by atoms with E-state index >= 15 is 0 Å². The molecule has 5 rings (SSSR count). The lowest BCUT2D eigenvalue weighted by Gasteiger charge is -2.18. The highest BCUT2D eigenvalue weighted by Crippen LogP contribution is 2.35. The van der Waals surface area contributed by atoms with Gasteiger partial charge in [-0.2, -0.15) is 0 Å². The van der Waals surface area contributed by atoms with Gasteiger partial charge in [0.05, 0.1) is 6.33 Å². The third-order valence-electron chi connectivity index (χ3n) is 6.36. The average molecular weight is 509 g/mol. The molecule has 36 heavy (non-hydrogen) atoms. The van der Waals surface area contributed by atoms with Crippen molar-refractivity contribution in [3.63, 3.8) is 0 Å². The molecule has 1 unspecified atom stereocenters. The van der Waals surface area contributed by atoms with Gasteiger partial charge in [-0.15, -0.1) is 10.2 Å². The number of amides is 2. The van der Waals surface area contributed by atoms with Gasteiger partial charge in [-0.3, -0.25) is 23.5 Å². The maximum Gasteiger partial charge on any atom is 0.332 e. The summed E-state index contributed by atoms with van der Waals surface area (Å²) in [6.45, 7) is 2.68. The van der Waals surface area contributed by atoms with Gasteiger partial charge in [-0.05, 0) is 18.6 Å². The Kier molecular flexibility index (Phi) is 6.00. The van der Waals surface area contributed by atoms with Crippen molar-refractivity contribution >= 4 is 45.1 Å². The first-order valence-corrected chi connectivity index (χ1v) is 12.2. The van der Waals surface area contributed by atoms with Crippen molar-refractivity contribution in [1.29, 1.82) is 0 Å². The number of fused-ring (bicyclic) bond motifs is 1. The van der Waals surface area contributed by atoms with E-state index in [9.17, 15) is 19.2 Å².